The first-order valence-electron chi connectivity index (χ1n) is 9.64. The summed E-state index contributed by atoms with van der Waals surface area (Å²) >= 11 is 0. The summed E-state index contributed by atoms with van der Waals surface area (Å²) in [6.07, 6.45) is 4.34. The van der Waals surface area contributed by atoms with Crippen LogP contribution in [0.3, 0.4) is 0 Å². The SMILES string of the molecule is CCc1cc(C(=O)N2CCC[C@H](c3cc(N4CCOCC4)ncn3)C2)on1. The zero-order chi connectivity index (χ0) is 18.6. The highest BCUT2D eigenvalue weighted by atomic mass is 16.5. The molecule has 2 aromatic rings. The maximum atomic E-state index is 12.8. The average molecular weight is 371 g/mol. The van der Waals surface area contributed by atoms with Crippen molar-refractivity contribution < 1.29 is 14.1 Å². The summed E-state index contributed by atoms with van der Waals surface area (Å²) in [7, 11) is 0. The molecule has 4 heterocycles. The van der Waals surface area contributed by atoms with Crippen molar-refractivity contribution in [3.8, 4) is 0 Å². The average Bonchev–Trinajstić information content (AvgIpc) is 3.23. The topological polar surface area (TPSA) is 84.6 Å². The van der Waals surface area contributed by atoms with Crippen LogP contribution in [0.1, 0.15) is 47.6 Å². The standard InChI is InChI=1S/C19H25N5O3/c1-2-15-10-17(27-22-15)19(25)24-5-3-4-14(12-24)16-11-18(21-13-20-16)23-6-8-26-9-7-23/h10-11,13-14H,2-9,12H2,1H3/t14-/m0/s1. The van der Waals surface area contributed by atoms with Gasteiger partial charge in [0.15, 0.2) is 0 Å². The molecule has 1 amide bonds. The molecule has 2 fully saturated rings. The maximum absolute atomic E-state index is 12.8. The number of amides is 1. The minimum Gasteiger partial charge on any atom is -0.378 e. The monoisotopic (exact) mass is 371 g/mol. The molecule has 8 heteroatoms. The first-order chi connectivity index (χ1) is 13.2. The molecule has 0 radical (unpaired) electrons. The van der Waals surface area contributed by atoms with Crippen LogP contribution in [0.25, 0.3) is 0 Å². The van der Waals surface area contributed by atoms with Crippen LogP contribution >= 0.6 is 0 Å². The third-order valence-electron chi connectivity index (χ3n) is 5.27. The van der Waals surface area contributed by atoms with Gasteiger partial charge >= 0.3 is 0 Å². The van der Waals surface area contributed by atoms with E-state index in [1.807, 2.05) is 11.8 Å². The highest BCUT2D eigenvalue weighted by Crippen LogP contribution is 2.28. The van der Waals surface area contributed by atoms with Crippen molar-refractivity contribution >= 4 is 11.7 Å². The Kier molecular flexibility index (Phi) is 5.33. The van der Waals surface area contributed by atoms with Gasteiger partial charge in [-0.15, -0.1) is 0 Å². The molecule has 0 aliphatic carbocycles. The van der Waals surface area contributed by atoms with Crippen LogP contribution in [0, 0.1) is 0 Å². The Morgan fingerprint density at radius 2 is 2.07 bits per heavy atom. The first-order valence-corrected chi connectivity index (χ1v) is 9.64. The molecule has 0 spiro atoms. The van der Waals surface area contributed by atoms with Crippen molar-refractivity contribution in [1.82, 2.24) is 20.0 Å². The van der Waals surface area contributed by atoms with Crippen LogP contribution in [-0.4, -0.2) is 65.3 Å². The fourth-order valence-electron chi connectivity index (χ4n) is 3.69. The molecule has 144 valence electrons. The van der Waals surface area contributed by atoms with E-state index in [2.05, 4.69) is 26.1 Å². The predicted molar refractivity (Wildman–Crippen MR) is 98.8 cm³/mol. The van der Waals surface area contributed by atoms with Crippen molar-refractivity contribution in [2.45, 2.75) is 32.1 Å². The van der Waals surface area contributed by atoms with Gasteiger partial charge in [0.05, 0.1) is 24.6 Å². The Bertz CT molecular complexity index is 787. The van der Waals surface area contributed by atoms with Crippen LogP contribution in [0.2, 0.25) is 0 Å². The number of ether oxygens (including phenoxy) is 1. The van der Waals surface area contributed by atoms with Gasteiger partial charge in [0.1, 0.15) is 12.1 Å². The Balaban J connectivity index is 1.47. The molecule has 0 unspecified atom stereocenters. The van der Waals surface area contributed by atoms with Gasteiger partial charge in [0.25, 0.3) is 5.91 Å². The molecule has 2 aromatic heterocycles. The lowest BCUT2D eigenvalue weighted by Gasteiger charge is -2.32. The first kappa shape index (κ1) is 17.9. The maximum Gasteiger partial charge on any atom is 0.292 e. The van der Waals surface area contributed by atoms with E-state index in [0.717, 1.165) is 69.3 Å². The zero-order valence-corrected chi connectivity index (χ0v) is 15.6. The molecule has 0 saturated carbocycles. The van der Waals surface area contributed by atoms with E-state index in [1.165, 1.54) is 0 Å². The van der Waals surface area contributed by atoms with E-state index in [1.54, 1.807) is 12.4 Å². The van der Waals surface area contributed by atoms with Gasteiger partial charge in [-0.3, -0.25) is 4.79 Å². The number of nitrogens with zero attached hydrogens (tertiary/aromatic N) is 5. The number of aromatic nitrogens is 3. The van der Waals surface area contributed by atoms with Gasteiger partial charge in [-0.05, 0) is 19.3 Å². The van der Waals surface area contributed by atoms with Crippen molar-refractivity contribution in [2.75, 3.05) is 44.3 Å². The number of carbonyl (C=O) groups excluding carboxylic acids is 1. The van der Waals surface area contributed by atoms with Gasteiger partial charge in [0, 0.05) is 44.2 Å². The van der Waals surface area contributed by atoms with E-state index in [-0.39, 0.29) is 11.8 Å². The second-order valence-electron chi connectivity index (χ2n) is 7.03. The number of morpholine rings is 1. The molecule has 2 saturated heterocycles. The van der Waals surface area contributed by atoms with Crippen LogP contribution in [-0.2, 0) is 11.2 Å². The van der Waals surface area contributed by atoms with E-state index < -0.39 is 0 Å². The molecule has 0 N–H and O–H groups in total. The minimum atomic E-state index is -0.0886. The number of hydrogen-bond donors (Lipinski definition) is 0. The summed E-state index contributed by atoms with van der Waals surface area (Å²) < 4.78 is 10.6. The third-order valence-corrected chi connectivity index (χ3v) is 5.27. The van der Waals surface area contributed by atoms with E-state index in [0.29, 0.717) is 12.3 Å². The number of anilines is 1. The quantitative estimate of drug-likeness (QED) is 0.811. The third kappa shape index (κ3) is 3.95. The van der Waals surface area contributed by atoms with Crippen molar-refractivity contribution in [2.24, 2.45) is 0 Å². The lowest BCUT2D eigenvalue weighted by atomic mass is 9.94. The largest absolute Gasteiger partial charge is 0.378 e. The van der Waals surface area contributed by atoms with Crippen LogP contribution in [0.5, 0.6) is 0 Å². The van der Waals surface area contributed by atoms with Crippen LogP contribution in [0.15, 0.2) is 23.0 Å². The Morgan fingerprint density at radius 3 is 2.85 bits per heavy atom. The molecule has 27 heavy (non-hydrogen) atoms. The lowest BCUT2D eigenvalue weighted by Crippen LogP contribution is -2.39. The number of hydrogen-bond acceptors (Lipinski definition) is 7. The molecule has 2 aliphatic heterocycles. The summed E-state index contributed by atoms with van der Waals surface area (Å²) in [5.41, 5.74) is 1.80. The Hall–Kier alpha value is -2.48. The Labute approximate surface area is 158 Å². The molecule has 8 nitrogen and oxygen atoms in total. The smallest absolute Gasteiger partial charge is 0.292 e. The fourth-order valence-corrected chi connectivity index (χ4v) is 3.69. The van der Waals surface area contributed by atoms with Gasteiger partial charge < -0.3 is 19.1 Å². The summed E-state index contributed by atoms with van der Waals surface area (Å²) in [4.78, 5) is 25.8. The van der Waals surface area contributed by atoms with Gasteiger partial charge in [0.2, 0.25) is 5.76 Å². The lowest BCUT2D eigenvalue weighted by molar-refractivity contribution is 0.0663. The number of piperidine rings is 1. The fraction of sp³-hybridized carbons (Fsp3) is 0.579. The van der Waals surface area contributed by atoms with Crippen molar-refractivity contribution in [1.29, 1.82) is 0 Å². The number of rotatable bonds is 4. The summed E-state index contributed by atoms with van der Waals surface area (Å²) in [6.45, 7) is 6.50. The highest BCUT2D eigenvalue weighted by Gasteiger charge is 2.29. The van der Waals surface area contributed by atoms with Gasteiger partial charge in [-0.2, -0.15) is 0 Å². The summed E-state index contributed by atoms with van der Waals surface area (Å²) in [5.74, 6) is 1.38. The zero-order valence-electron chi connectivity index (χ0n) is 15.6. The number of carbonyl (C=O) groups is 1. The second-order valence-corrected chi connectivity index (χ2v) is 7.03. The molecule has 0 bridgehead atoms. The van der Waals surface area contributed by atoms with Crippen molar-refractivity contribution in [3.05, 3.63) is 35.6 Å². The Morgan fingerprint density at radius 1 is 1.22 bits per heavy atom. The van der Waals surface area contributed by atoms with Gasteiger partial charge in [-0.1, -0.05) is 12.1 Å². The van der Waals surface area contributed by atoms with E-state index in [9.17, 15) is 4.79 Å². The van der Waals surface area contributed by atoms with Crippen LogP contribution < -0.4 is 4.90 Å². The van der Waals surface area contributed by atoms with Gasteiger partial charge in [-0.25, -0.2) is 9.97 Å². The van der Waals surface area contributed by atoms with Crippen molar-refractivity contribution in [3.63, 3.8) is 0 Å². The highest BCUT2D eigenvalue weighted by molar-refractivity contribution is 5.91. The summed E-state index contributed by atoms with van der Waals surface area (Å²) in [5, 5.41) is 3.93. The molecular weight excluding hydrogens is 346 g/mol. The molecule has 0 aromatic carbocycles. The predicted octanol–water partition coefficient (Wildman–Crippen LogP) is 1.88. The molecule has 1 atom stereocenters. The molecule has 4 rings (SSSR count). The molecule has 2 aliphatic rings. The van der Waals surface area contributed by atoms with Crippen LogP contribution in [0.4, 0.5) is 5.82 Å². The number of likely N-dealkylation sites (tertiary alicyclic amines) is 1. The normalized spacial score (nSPS) is 20.7. The second kappa shape index (κ2) is 8.04. The van der Waals surface area contributed by atoms with E-state index in [4.69, 9.17) is 9.26 Å². The molecular formula is C19H25N5O3. The number of aryl methyl sites for hydroxylation is 1. The minimum absolute atomic E-state index is 0.0886. The summed E-state index contributed by atoms with van der Waals surface area (Å²) in [6, 6.07) is 3.81. The van der Waals surface area contributed by atoms with E-state index >= 15 is 0 Å².